The number of pyridine rings is 1. The summed E-state index contributed by atoms with van der Waals surface area (Å²) in [6.07, 6.45) is 1.78. The second-order valence-corrected chi connectivity index (χ2v) is 6.99. The summed E-state index contributed by atoms with van der Waals surface area (Å²) in [6, 6.07) is 2.73. The van der Waals surface area contributed by atoms with Crippen LogP contribution in [0.5, 0.6) is 0 Å². The Labute approximate surface area is 115 Å². The van der Waals surface area contributed by atoms with Gasteiger partial charge in [0.25, 0.3) is 0 Å². The first kappa shape index (κ1) is 14.4. The predicted octanol–water partition coefficient (Wildman–Crippen LogP) is 0.543. The Balaban J connectivity index is 1.90. The van der Waals surface area contributed by atoms with E-state index in [1.807, 2.05) is 0 Å². The van der Waals surface area contributed by atoms with Crippen LogP contribution in [0.1, 0.15) is 23.2 Å². The number of hydrogen-bond acceptors (Lipinski definition) is 5. The van der Waals surface area contributed by atoms with Crippen molar-refractivity contribution < 1.29 is 23.1 Å². The molecule has 1 fully saturated rings. The third-order valence-electron chi connectivity index (χ3n) is 3.08. The molecule has 8 heteroatoms. The van der Waals surface area contributed by atoms with Crippen LogP contribution in [0.15, 0.2) is 18.3 Å². The number of nitrogens with zero attached hydrogens (tertiary/aromatic N) is 1. The minimum atomic E-state index is -2.99. The highest BCUT2D eigenvalue weighted by Crippen LogP contribution is 2.21. The largest absolute Gasteiger partial charge is 0.478 e. The van der Waals surface area contributed by atoms with Gasteiger partial charge in [-0.1, -0.05) is 0 Å². The van der Waals surface area contributed by atoms with Gasteiger partial charge in [0.1, 0.15) is 5.82 Å². The summed E-state index contributed by atoms with van der Waals surface area (Å²) in [6.45, 7) is 0. The quantitative estimate of drug-likeness (QED) is 0.838. The third-order valence-corrected chi connectivity index (χ3v) is 4.92. The van der Waals surface area contributed by atoms with Crippen molar-refractivity contribution in [3.63, 3.8) is 0 Å². The molecule has 1 amide bonds. The van der Waals surface area contributed by atoms with Gasteiger partial charge in [-0.3, -0.25) is 4.79 Å². The molecule has 2 rings (SSSR count). The number of amides is 1. The fourth-order valence-corrected chi connectivity index (χ4v) is 3.95. The first-order chi connectivity index (χ1) is 9.35. The number of carbonyl (C=O) groups is 2. The lowest BCUT2D eigenvalue weighted by molar-refractivity contribution is -0.116. The van der Waals surface area contributed by atoms with Crippen LogP contribution in [0.3, 0.4) is 0 Å². The molecule has 1 unspecified atom stereocenters. The van der Waals surface area contributed by atoms with E-state index in [1.165, 1.54) is 12.1 Å². The van der Waals surface area contributed by atoms with Crippen molar-refractivity contribution in [2.45, 2.75) is 12.8 Å². The Kier molecular flexibility index (Phi) is 4.03. The molecule has 20 heavy (non-hydrogen) atoms. The van der Waals surface area contributed by atoms with Gasteiger partial charge >= 0.3 is 5.97 Å². The van der Waals surface area contributed by atoms with Crippen molar-refractivity contribution in [2.24, 2.45) is 5.92 Å². The second-order valence-electron chi connectivity index (χ2n) is 4.76. The van der Waals surface area contributed by atoms with E-state index in [2.05, 4.69) is 10.3 Å². The number of hydrogen-bond donors (Lipinski definition) is 2. The van der Waals surface area contributed by atoms with Crippen LogP contribution in [0, 0.1) is 5.92 Å². The molecule has 2 heterocycles. The summed E-state index contributed by atoms with van der Waals surface area (Å²) in [5.41, 5.74) is 0.0323. The Bertz CT molecular complexity index is 624. The first-order valence-electron chi connectivity index (χ1n) is 6.05. The molecular formula is C12H14N2O5S. The fourth-order valence-electron chi connectivity index (χ4n) is 2.08. The Morgan fingerprint density at radius 2 is 2.15 bits per heavy atom. The maximum atomic E-state index is 11.7. The summed E-state index contributed by atoms with van der Waals surface area (Å²) < 4.78 is 22.6. The van der Waals surface area contributed by atoms with Crippen molar-refractivity contribution in [1.29, 1.82) is 0 Å². The van der Waals surface area contributed by atoms with Crippen molar-refractivity contribution in [3.05, 3.63) is 23.9 Å². The molecule has 0 saturated carbocycles. The number of aromatic carboxylic acids is 1. The lowest BCUT2D eigenvalue weighted by Gasteiger charge is -2.08. The zero-order valence-electron chi connectivity index (χ0n) is 10.6. The predicted molar refractivity (Wildman–Crippen MR) is 71.2 cm³/mol. The van der Waals surface area contributed by atoms with Crippen LogP contribution in [0.25, 0.3) is 0 Å². The molecule has 0 spiro atoms. The average Bonchev–Trinajstić information content (AvgIpc) is 2.69. The molecular weight excluding hydrogens is 284 g/mol. The molecule has 1 saturated heterocycles. The van der Waals surface area contributed by atoms with Crippen molar-refractivity contribution in [3.8, 4) is 0 Å². The molecule has 0 bridgehead atoms. The van der Waals surface area contributed by atoms with Gasteiger partial charge in [0.05, 0.1) is 17.1 Å². The van der Waals surface area contributed by atoms with Gasteiger partial charge in [0.2, 0.25) is 5.91 Å². The minimum Gasteiger partial charge on any atom is -0.478 e. The fraction of sp³-hybridized carbons (Fsp3) is 0.417. The Morgan fingerprint density at radius 3 is 2.65 bits per heavy atom. The van der Waals surface area contributed by atoms with E-state index in [-0.39, 0.29) is 41.1 Å². The maximum Gasteiger partial charge on any atom is 0.337 e. The highest BCUT2D eigenvalue weighted by molar-refractivity contribution is 7.91. The third kappa shape index (κ3) is 3.77. The number of anilines is 1. The SMILES string of the molecule is O=C(CC1CCS(=O)(=O)C1)Nc1ccc(C(=O)O)cn1. The first-order valence-corrected chi connectivity index (χ1v) is 7.87. The van der Waals surface area contributed by atoms with Gasteiger partial charge in [0.15, 0.2) is 9.84 Å². The van der Waals surface area contributed by atoms with E-state index >= 15 is 0 Å². The van der Waals surface area contributed by atoms with Crippen molar-refractivity contribution in [1.82, 2.24) is 4.98 Å². The van der Waals surface area contributed by atoms with E-state index in [0.717, 1.165) is 6.20 Å². The minimum absolute atomic E-state index is 0.0323. The summed E-state index contributed by atoms with van der Waals surface area (Å²) in [5, 5.41) is 11.2. The van der Waals surface area contributed by atoms with Gasteiger partial charge < -0.3 is 10.4 Å². The highest BCUT2D eigenvalue weighted by atomic mass is 32.2. The standard InChI is InChI=1S/C12H14N2O5S/c15-11(5-8-3-4-20(18,19)7-8)14-10-2-1-9(6-13-10)12(16)17/h1-2,6,8H,3-5,7H2,(H,16,17)(H,13,14,15). The van der Waals surface area contributed by atoms with Crippen molar-refractivity contribution >= 4 is 27.5 Å². The zero-order chi connectivity index (χ0) is 14.8. The highest BCUT2D eigenvalue weighted by Gasteiger charge is 2.29. The number of carboxylic acid groups (broad SMARTS) is 1. The molecule has 108 valence electrons. The number of aromatic nitrogens is 1. The number of sulfone groups is 1. The monoisotopic (exact) mass is 298 g/mol. The Morgan fingerprint density at radius 1 is 1.40 bits per heavy atom. The summed E-state index contributed by atoms with van der Waals surface area (Å²) >= 11 is 0. The van der Waals surface area contributed by atoms with E-state index in [9.17, 15) is 18.0 Å². The molecule has 0 radical (unpaired) electrons. The van der Waals surface area contributed by atoms with Gasteiger partial charge in [-0.2, -0.15) is 0 Å². The normalized spacial score (nSPS) is 20.5. The molecule has 1 aromatic heterocycles. The molecule has 1 aliphatic rings. The molecule has 0 aliphatic carbocycles. The van der Waals surface area contributed by atoms with Crippen LogP contribution in [0.4, 0.5) is 5.82 Å². The summed E-state index contributed by atoms with van der Waals surface area (Å²) in [7, 11) is -2.99. The molecule has 1 atom stereocenters. The number of nitrogens with one attached hydrogen (secondary N) is 1. The van der Waals surface area contributed by atoms with Gasteiger partial charge in [-0.05, 0) is 24.5 Å². The van der Waals surface area contributed by atoms with E-state index in [1.54, 1.807) is 0 Å². The van der Waals surface area contributed by atoms with Crippen LogP contribution in [-0.4, -0.2) is 41.9 Å². The molecule has 1 aliphatic heterocycles. The van der Waals surface area contributed by atoms with E-state index < -0.39 is 15.8 Å². The molecule has 7 nitrogen and oxygen atoms in total. The maximum absolute atomic E-state index is 11.7. The van der Waals surface area contributed by atoms with Crippen LogP contribution < -0.4 is 5.32 Å². The van der Waals surface area contributed by atoms with Crippen LogP contribution >= 0.6 is 0 Å². The zero-order valence-corrected chi connectivity index (χ0v) is 11.4. The van der Waals surface area contributed by atoms with E-state index in [0.29, 0.717) is 6.42 Å². The van der Waals surface area contributed by atoms with Gasteiger partial charge in [-0.15, -0.1) is 0 Å². The summed E-state index contributed by atoms with van der Waals surface area (Å²) in [4.78, 5) is 26.2. The van der Waals surface area contributed by atoms with Crippen molar-refractivity contribution in [2.75, 3.05) is 16.8 Å². The topological polar surface area (TPSA) is 113 Å². The number of carbonyl (C=O) groups excluding carboxylic acids is 1. The summed E-state index contributed by atoms with van der Waals surface area (Å²) in [5.74, 6) is -1.13. The van der Waals surface area contributed by atoms with Crippen LogP contribution in [0.2, 0.25) is 0 Å². The number of carboxylic acids is 1. The lowest BCUT2D eigenvalue weighted by Crippen LogP contribution is -2.18. The van der Waals surface area contributed by atoms with Gasteiger partial charge in [0, 0.05) is 12.6 Å². The second kappa shape index (κ2) is 5.58. The Hall–Kier alpha value is -1.96. The lowest BCUT2D eigenvalue weighted by atomic mass is 10.1. The molecule has 2 N–H and O–H groups in total. The van der Waals surface area contributed by atoms with Crippen LogP contribution in [-0.2, 0) is 14.6 Å². The smallest absolute Gasteiger partial charge is 0.337 e. The average molecular weight is 298 g/mol. The van der Waals surface area contributed by atoms with Gasteiger partial charge in [-0.25, -0.2) is 18.2 Å². The molecule has 1 aromatic rings. The number of rotatable bonds is 4. The molecule has 0 aromatic carbocycles. The van der Waals surface area contributed by atoms with E-state index in [4.69, 9.17) is 5.11 Å².